The average molecular weight is 495 g/mol. The lowest BCUT2D eigenvalue weighted by atomic mass is 10.0. The molecular weight excluding hydrogens is 472 g/mol. The number of aromatic nitrogens is 2. The Morgan fingerprint density at radius 2 is 1.75 bits per heavy atom. The van der Waals surface area contributed by atoms with Gasteiger partial charge >= 0.3 is 5.97 Å². The van der Waals surface area contributed by atoms with Crippen LogP contribution in [-0.2, 0) is 16.1 Å². The third-order valence-corrected chi connectivity index (χ3v) is 6.50. The SMILES string of the molecule is COc1cccc(/C=C(/C(=O)OCc2nc3scc(-c4ccccc4)c3c(=O)[nH]2)c2ccccc2)c1. The van der Waals surface area contributed by atoms with Gasteiger partial charge in [0.2, 0.25) is 0 Å². The fourth-order valence-corrected chi connectivity index (χ4v) is 4.85. The van der Waals surface area contributed by atoms with Crippen LogP contribution < -0.4 is 10.3 Å². The predicted octanol–water partition coefficient (Wildman–Crippen LogP) is 5.94. The summed E-state index contributed by atoms with van der Waals surface area (Å²) in [5.41, 5.74) is 3.42. The van der Waals surface area contributed by atoms with E-state index in [2.05, 4.69) is 9.97 Å². The van der Waals surface area contributed by atoms with E-state index in [-0.39, 0.29) is 18.0 Å². The fraction of sp³-hybridized carbons (Fsp3) is 0.0690. The lowest BCUT2D eigenvalue weighted by Gasteiger charge is -2.10. The van der Waals surface area contributed by atoms with Gasteiger partial charge in [0.1, 0.15) is 23.0 Å². The first-order valence-electron chi connectivity index (χ1n) is 11.3. The molecule has 0 aliphatic carbocycles. The topological polar surface area (TPSA) is 81.3 Å². The lowest BCUT2D eigenvalue weighted by Crippen LogP contribution is -2.14. The molecule has 0 atom stereocenters. The Morgan fingerprint density at radius 1 is 1.00 bits per heavy atom. The van der Waals surface area contributed by atoms with Gasteiger partial charge in [0.05, 0.1) is 18.1 Å². The number of ether oxygens (including phenoxy) is 2. The second kappa shape index (κ2) is 10.4. The van der Waals surface area contributed by atoms with Crippen LogP contribution in [0.3, 0.4) is 0 Å². The summed E-state index contributed by atoms with van der Waals surface area (Å²) in [7, 11) is 1.59. The number of nitrogens with one attached hydrogen (secondary N) is 1. The highest BCUT2D eigenvalue weighted by molar-refractivity contribution is 7.17. The van der Waals surface area contributed by atoms with E-state index in [1.54, 1.807) is 13.2 Å². The second-order valence-electron chi connectivity index (χ2n) is 7.98. The zero-order chi connectivity index (χ0) is 24.9. The number of carbonyl (C=O) groups is 1. The number of thiophene rings is 1. The van der Waals surface area contributed by atoms with Gasteiger partial charge in [0, 0.05) is 10.9 Å². The quantitative estimate of drug-likeness (QED) is 0.172. The Labute approximate surface area is 211 Å². The summed E-state index contributed by atoms with van der Waals surface area (Å²) in [6.45, 7) is -0.162. The number of esters is 1. The second-order valence-corrected chi connectivity index (χ2v) is 8.84. The number of aromatic amines is 1. The molecule has 0 aliphatic heterocycles. The number of benzene rings is 3. The monoisotopic (exact) mass is 494 g/mol. The van der Waals surface area contributed by atoms with Crippen molar-refractivity contribution in [2.24, 2.45) is 0 Å². The van der Waals surface area contributed by atoms with Gasteiger partial charge in [0.25, 0.3) is 5.56 Å². The molecule has 0 fully saturated rings. The molecule has 0 spiro atoms. The van der Waals surface area contributed by atoms with Gasteiger partial charge in [-0.25, -0.2) is 9.78 Å². The predicted molar refractivity (Wildman–Crippen MR) is 143 cm³/mol. The van der Waals surface area contributed by atoms with Gasteiger partial charge in [0.15, 0.2) is 0 Å². The maximum atomic E-state index is 13.2. The highest BCUT2D eigenvalue weighted by Gasteiger charge is 2.17. The first-order valence-corrected chi connectivity index (χ1v) is 12.1. The Bertz CT molecular complexity index is 1610. The zero-order valence-corrected chi connectivity index (χ0v) is 20.2. The van der Waals surface area contributed by atoms with Crippen LogP contribution in [0.2, 0.25) is 0 Å². The normalized spacial score (nSPS) is 11.4. The number of H-pyrrole nitrogens is 1. The van der Waals surface area contributed by atoms with Crippen LogP contribution in [0.5, 0.6) is 5.75 Å². The Balaban J connectivity index is 1.42. The van der Waals surface area contributed by atoms with Gasteiger partial charge in [-0.3, -0.25) is 4.79 Å². The molecule has 5 aromatic rings. The molecule has 0 radical (unpaired) electrons. The standard InChI is InChI=1S/C29H22N2O4S/c1-34-22-14-8-9-19(15-22)16-23(20-10-4-2-5-11-20)29(33)35-17-25-30-27(32)26-24(18-36-28(26)31-25)21-12-6-3-7-13-21/h2-16,18H,17H2,1H3,(H,30,31,32)/b23-16+. The third-order valence-electron chi connectivity index (χ3n) is 5.63. The van der Waals surface area contributed by atoms with E-state index in [4.69, 9.17) is 9.47 Å². The van der Waals surface area contributed by atoms with Gasteiger partial charge < -0.3 is 14.5 Å². The van der Waals surface area contributed by atoms with Crippen molar-refractivity contribution in [1.29, 1.82) is 0 Å². The van der Waals surface area contributed by atoms with Crippen molar-refractivity contribution in [3.05, 3.63) is 118 Å². The first kappa shape index (κ1) is 23.3. The molecular formula is C29H22N2O4S. The lowest BCUT2D eigenvalue weighted by molar-refractivity contribution is -0.138. The minimum absolute atomic E-state index is 0.162. The molecule has 6 nitrogen and oxygen atoms in total. The van der Waals surface area contributed by atoms with Crippen LogP contribution in [0, 0.1) is 0 Å². The van der Waals surface area contributed by atoms with E-state index in [0.717, 1.165) is 16.7 Å². The molecule has 36 heavy (non-hydrogen) atoms. The molecule has 0 bridgehead atoms. The Kier molecular flexibility index (Phi) is 6.73. The van der Waals surface area contributed by atoms with Gasteiger partial charge in [-0.2, -0.15) is 0 Å². The molecule has 0 saturated heterocycles. The van der Waals surface area contributed by atoms with Gasteiger partial charge in [-0.15, -0.1) is 11.3 Å². The first-order chi connectivity index (χ1) is 17.6. The van der Waals surface area contributed by atoms with Crippen molar-refractivity contribution in [1.82, 2.24) is 9.97 Å². The summed E-state index contributed by atoms with van der Waals surface area (Å²) >= 11 is 1.38. The number of methoxy groups -OCH3 is 1. The molecule has 0 saturated carbocycles. The minimum atomic E-state index is -0.525. The fourth-order valence-electron chi connectivity index (χ4n) is 3.88. The number of nitrogens with zero attached hydrogens (tertiary/aromatic N) is 1. The summed E-state index contributed by atoms with van der Waals surface area (Å²) in [6.07, 6.45) is 1.75. The number of hydrogen-bond donors (Lipinski definition) is 1. The molecule has 3 aromatic carbocycles. The largest absolute Gasteiger partial charge is 0.497 e. The zero-order valence-electron chi connectivity index (χ0n) is 19.4. The molecule has 2 aromatic heterocycles. The Hall–Kier alpha value is -4.49. The highest BCUT2D eigenvalue weighted by Crippen LogP contribution is 2.30. The van der Waals surface area contributed by atoms with Crippen molar-refractivity contribution in [3.63, 3.8) is 0 Å². The number of rotatable bonds is 7. The van der Waals surface area contributed by atoms with Crippen LogP contribution >= 0.6 is 11.3 Å². The van der Waals surface area contributed by atoms with Crippen LogP contribution in [0.25, 0.3) is 33.0 Å². The smallest absolute Gasteiger partial charge is 0.339 e. The van der Waals surface area contributed by atoms with Crippen molar-refractivity contribution >= 4 is 39.2 Å². The van der Waals surface area contributed by atoms with Crippen molar-refractivity contribution in [3.8, 4) is 16.9 Å². The van der Waals surface area contributed by atoms with Crippen molar-refractivity contribution in [2.45, 2.75) is 6.61 Å². The minimum Gasteiger partial charge on any atom is -0.497 e. The summed E-state index contributed by atoms with van der Waals surface area (Å²) < 4.78 is 10.9. The van der Waals surface area contributed by atoms with Gasteiger partial charge in [-0.1, -0.05) is 72.8 Å². The molecule has 7 heteroatoms. The van der Waals surface area contributed by atoms with Crippen LogP contribution in [0.15, 0.2) is 95.1 Å². The molecule has 0 unspecified atom stereocenters. The van der Waals surface area contributed by atoms with E-state index in [9.17, 15) is 9.59 Å². The molecule has 178 valence electrons. The van der Waals surface area contributed by atoms with Crippen LogP contribution in [0.4, 0.5) is 0 Å². The van der Waals surface area contributed by atoms with Crippen molar-refractivity contribution in [2.75, 3.05) is 7.11 Å². The van der Waals surface area contributed by atoms with Crippen LogP contribution in [-0.4, -0.2) is 23.0 Å². The number of hydrogen-bond acceptors (Lipinski definition) is 6. The number of carbonyl (C=O) groups excluding carboxylic acids is 1. The summed E-state index contributed by atoms with van der Waals surface area (Å²) in [6, 6.07) is 26.4. The van der Waals surface area contributed by atoms with Crippen LogP contribution in [0.1, 0.15) is 17.0 Å². The molecule has 1 N–H and O–H groups in total. The maximum absolute atomic E-state index is 13.2. The van der Waals surface area contributed by atoms with E-state index < -0.39 is 5.97 Å². The third kappa shape index (κ3) is 4.96. The molecule has 5 rings (SSSR count). The van der Waals surface area contributed by atoms with E-state index in [1.165, 1.54) is 11.3 Å². The van der Waals surface area contributed by atoms with Crippen molar-refractivity contribution < 1.29 is 14.3 Å². The van der Waals surface area contributed by atoms with E-state index in [0.29, 0.717) is 27.1 Å². The summed E-state index contributed by atoms with van der Waals surface area (Å²) in [5, 5.41) is 2.45. The molecule has 0 amide bonds. The Morgan fingerprint density at radius 3 is 2.50 bits per heavy atom. The van der Waals surface area contributed by atoms with E-state index >= 15 is 0 Å². The number of fused-ring (bicyclic) bond motifs is 1. The van der Waals surface area contributed by atoms with Gasteiger partial charge in [-0.05, 0) is 34.9 Å². The summed E-state index contributed by atoms with van der Waals surface area (Å²) in [5.74, 6) is 0.449. The maximum Gasteiger partial charge on any atom is 0.339 e. The van der Waals surface area contributed by atoms with E-state index in [1.807, 2.05) is 90.3 Å². The molecule has 0 aliphatic rings. The highest BCUT2D eigenvalue weighted by atomic mass is 32.1. The summed E-state index contributed by atoms with van der Waals surface area (Å²) in [4.78, 5) is 34.0. The average Bonchev–Trinajstić information content (AvgIpc) is 3.36. The molecule has 2 heterocycles.